The monoisotopic (exact) mass is 429 g/mol. The zero-order valence-electron chi connectivity index (χ0n) is 15.6. The summed E-state index contributed by atoms with van der Waals surface area (Å²) in [4.78, 5) is 13.4. The van der Waals surface area contributed by atoms with Gasteiger partial charge in [0.05, 0.1) is 12.2 Å². The molecular formula is C20H22F3NO4S. The molecule has 1 saturated heterocycles. The van der Waals surface area contributed by atoms with Gasteiger partial charge in [-0.05, 0) is 42.7 Å². The minimum absolute atomic E-state index is 0.0208. The van der Waals surface area contributed by atoms with Crippen LogP contribution in [-0.4, -0.2) is 40.2 Å². The molecule has 29 heavy (non-hydrogen) atoms. The number of aliphatic hydroxyl groups is 1. The summed E-state index contributed by atoms with van der Waals surface area (Å²) in [6, 6.07) is 12.0. The SMILES string of the molecule is O=C(COc1ccc(CO)cc1)N1CCCC1.OSc1ccccc1C(F)(F)F. The number of carbonyl (C=O) groups is 1. The second-order valence-corrected chi connectivity index (χ2v) is 6.89. The number of carbonyl (C=O) groups excluding carboxylic acids is 1. The molecule has 9 heteroatoms. The third-order valence-electron chi connectivity index (χ3n) is 4.22. The molecule has 0 radical (unpaired) electrons. The first-order chi connectivity index (χ1) is 13.8. The maximum Gasteiger partial charge on any atom is 0.417 e. The van der Waals surface area contributed by atoms with Crippen molar-refractivity contribution in [1.29, 1.82) is 0 Å². The Balaban J connectivity index is 0.000000221. The van der Waals surface area contributed by atoms with Crippen LogP contribution in [0.25, 0.3) is 0 Å². The lowest BCUT2D eigenvalue weighted by atomic mass is 10.2. The lowest BCUT2D eigenvalue weighted by Gasteiger charge is -2.15. The summed E-state index contributed by atoms with van der Waals surface area (Å²) in [6.07, 6.45) is -2.21. The van der Waals surface area contributed by atoms with Crippen LogP contribution in [-0.2, 0) is 17.6 Å². The van der Waals surface area contributed by atoms with E-state index < -0.39 is 11.7 Å². The Morgan fingerprint density at radius 1 is 1.07 bits per heavy atom. The van der Waals surface area contributed by atoms with Crippen LogP contribution in [0.1, 0.15) is 24.0 Å². The third-order valence-corrected chi connectivity index (χ3v) is 4.77. The molecule has 1 amide bonds. The summed E-state index contributed by atoms with van der Waals surface area (Å²) in [5.74, 6) is 0.712. The summed E-state index contributed by atoms with van der Waals surface area (Å²) in [5, 5.41) is 8.89. The van der Waals surface area contributed by atoms with Crippen LogP contribution in [0.5, 0.6) is 5.75 Å². The number of hydrogen-bond acceptors (Lipinski definition) is 5. The molecule has 1 aliphatic rings. The first kappa shape index (κ1) is 23.1. The fourth-order valence-corrected chi connectivity index (χ4v) is 3.10. The van der Waals surface area contributed by atoms with Crippen LogP contribution >= 0.6 is 12.0 Å². The van der Waals surface area contributed by atoms with Gasteiger partial charge in [-0.3, -0.25) is 4.79 Å². The van der Waals surface area contributed by atoms with Gasteiger partial charge in [0.15, 0.2) is 6.61 Å². The first-order valence-electron chi connectivity index (χ1n) is 8.93. The van der Waals surface area contributed by atoms with Gasteiger partial charge in [-0.25, -0.2) is 0 Å². The number of amides is 1. The average Bonchev–Trinajstić information content (AvgIpc) is 3.27. The summed E-state index contributed by atoms with van der Waals surface area (Å²) in [5.41, 5.74) is 0.0284. The first-order valence-corrected chi connectivity index (χ1v) is 9.70. The normalized spacial score (nSPS) is 13.6. The van der Waals surface area contributed by atoms with E-state index in [-0.39, 0.29) is 36.1 Å². The van der Waals surface area contributed by atoms with E-state index in [1.165, 1.54) is 18.2 Å². The van der Waals surface area contributed by atoms with Gasteiger partial charge in [0.1, 0.15) is 5.75 Å². The van der Waals surface area contributed by atoms with Crippen LogP contribution in [0, 0.1) is 0 Å². The number of likely N-dealkylation sites (tertiary alicyclic amines) is 1. The van der Waals surface area contributed by atoms with E-state index in [1.807, 2.05) is 4.90 Å². The summed E-state index contributed by atoms with van der Waals surface area (Å²) in [7, 11) is 0. The number of alkyl halides is 3. The highest BCUT2D eigenvalue weighted by Gasteiger charge is 2.33. The molecule has 2 N–H and O–H groups in total. The zero-order valence-corrected chi connectivity index (χ0v) is 16.4. The summed E-state index contributed by atoms with van der Waals surface area (Å²) < 4.78 is 50.2. The van der Waals surface area contributed by atoms with E-state index in [1.54, 1.807) is 24.3 Å². The van der Waals surface area contributed by atoms with Gasteiger partial charge in [-0.2, -0.15) is 13.2 Å². The topological polar surface area (TPSA) is 70.0 Å². The van der Waals surface area contributed by atoms with Gasteiger partial charge in [0.25, 0.3) is 5.91 Å². The molecule has 2 aromatic carbocycles. The third kappa shape index (κ3) is 7.26. The van der Waals surface area contributed by atoms with Crippen molar-refractivity contribution in [2.75, 3.05) is 19.7 Å². The van der Waals surface area contributed by atoms with Gasteiger partial charge in [0.2, 0.25) is 0 Å². The summed E-state index contributed by atoms with van der Waals surface area (Å²) in [6.45, 7) is 1.82. The molecule has 5 nitrogen and oxygen atoms in total. The van der Waals surface area contributed by atoms with E-state index in [0.717, 1.165) is 37.6 Å². The predicted octanol–water partition coefficient (Wildman–Crippen LogP) is 4.45. The number of rotatable bonds is 5. The highest BCUT2D eigenvalue weighted by atomic mass is 32.2. The molecule has 1 aliphatic heterocycles. The Bertz CT molecular complexity index is 778. The Kier molecular flexibility index (Phi) is 8.81. The molecule has 0 spiro atoms. The largest absolute Gasteiger partial charge is 0.484 e. The number of nitrogens with zero attached hydrogens (tertiary/aromatic N) is 1. The maximum atomic E-state index is 12.1. The Labute approximate surface area is 171 Å². The van der Waals surface area contributed by atoms with Crippen molar-refractivity contribution in [3.05, 3.63) is 59.7 Å². The van der Waals surface area contributed by atoms with Gasteiger partial charge in [0, 0.05) is 30.0 Å². The fraction of sp³-hybridized carbons (Fsp3) is 0.350. The molecule has 0 aromatic heterocycles. The van der Waals surface area contributed by atoms with E-state index in [4.69, 9.17) is 14.4 Å². The van der Waals surface area contributed by atoms with E-state index in [2.05, 4.69) is 0 Å². The van der Waals surface area contributed by atoms with Crippen molar-refractivity contribution in [2.45, 2.75) is 30.5 Å². The van der Waals surface area contributed by atoms with E-state index in [0.29, 0.717) is 5.75 Å². The van der Waals surface area contributed by atoms with E-state index in [9.17, 15) is 18.0 Å². The summed E-state index contributed by atoms with van der Waals surface area (Å²) >= 11 is 0.102. The van der Waals surface area contributed by atoms with E-state index >= 15 is 0 Å². The van der Waals surface area contributed by atoms with Gasteiger partial charge in [-0.15, -0.1) is 0 Å². The van der Waals surface area contributed by atoms with Crippen molar-refractivity contribution in [2.24, 2.45) is 0 Å². The maximum absolute atomic E-state index is 12.1. The minimum atomic E-state index is -4.40. The van der Waals surface area contributed by atoms with Crippen molar-refractivity contribution in [3.8, 4) is 5.75 Å². The van der Waals surface area contributed by atoms with Gasteiger partial charge >= 0.3 is 6.18 Å². The Hall–Kier alpha value is -2.23. The van der Waals surface area contributed by atoms with Gasteiger partial charge < -0.3 is 19.3 Å². The second-order valence-electron chi connectivity index (χ2n) is 6.26. The van der Waals surface area contributed by atoms with Gasteiger partial charge in [-0.1, -0.05) is 24.3 Å². The second kappa shape index (κ2) is 11.1. The lowest BCUT2D eigenvalue weighted by Crippen LogP contribution is -2.32. The lowest BCUT2D eigenvalue weighted by molar-refractivity contribution is -0.139. The van der Waals surface area contributed by atoms with Crippen molar-refractivity contribution in [3.63, 3.8) is 0 Å². The highest BCUT2D eigenvalue weighted by molar-refractivity contribution is 7.93. The quantitative estimate of drug-likeness (QED) is 0.688. The zero-order chi connectivity index (χ0) is 21.3. The van der Waals surface area contributed by atoms with Crippen molar-refractivity contribution >= 4 is 17.9 Å². The number of aliphatic hydroxyl groups excluding tert-OH is 1. The van der Waals surface area contributed by atoms with Crippen molar-refractivity contribution < 1.29 is 32.4 Å². The molecular weight excluding hydrogens is 407 g/mol. The number of halogens is 3. The molecule has 0 unspecified atom stereocenters. The van der Waals surface area contributed by atoms with Crippen LogP contribution in [0.2, 0.25) is 0 Å². The van der Waals surface area contributed by atoms with Crippen molar-refractivity contribution in [1.82, 2.24) is 4.90 Å². The fourth-order valence-electron chi connectivity index (χ4n) is 2.67. The standard InChI is InChI=1S/C13H17NO3.C7H5F3OS/c15-9-11-3-5-12(6-4-11)17-10-13(16)14-7-1-2-8-14;8-7(9,10)5-3-1-2-4-6(5)12-11/h3-6,15H,1-2,7-10H2;1-4,11H. The predicted molar refractivity (Wildman–Crippen MR) is 104 cm³/mol. The Morgan fingerprint density at radius 2 is 1.69 bits per heavy atom. The molecule has 1 fully saturated rings. The average molecular weight is 429 g/mol. The van der Waals surface area contributed by atoms with Crippen LogP contribution in [0.3, 0.4) is 0 Å². The molecule has 0 aliphatic carbocycles. The van der Waals surface area contributed by atoms with Crippen LogP contribution in [0.15, 0.2) is 53.4 Å². The highest BCUT2D eigenvalue weighted by Crippen LogP contribution is 2.35. The molecule has 0 bridgehead atoms. The number of ether oxygens (including phenoxy) is 1. The molecule has 0 saturated carbocycles. The Morgan fingerprint density at radius 3 is 2.21 bits per heavy atom. The minimum Gasteiger partial charge on any atom is -0.484 e. The number of benzene rings is 2. The molecule has 2 aromatic rings. The molecule has 1 heterocycles. The molecule has 3 rings (SSSR count). The van der Waals surface area contributed by atoms with Crippen LogP contribution in [0.4, 0.5) is 13.2 Å². The molecule has 158 valence electrons. The van der Waals surface area contributed by atoms with Crippen LogP contribution < -0.4 is 4.74 Å². The smallest absolute Gasteiger partial charge is 0.417 e. The molecule has 0 atom stereocenters. The number of hydrogen-bond donors (Lipinski definition) is 2.